The number of allylic oxidation sites excluding steroid dienone is 2. The fraction of sp³-hybridized carbons (Fsp3) is 0.0244. The zero-order chi connectivity index (χ0) is 29.3. The van der Waals surface area contributed by atoms with Gasteiger partial charge in [0.25, 0.3) is 0 Å². The second kappa shape index (κ2) is 11.0. The maximum atomic E-state index is 3.67. The van der Waals surface area contributed by atoms with Crippen LogP contribution in [0.1, 0.15) is 5.56 Å². The van der Waals surface area contributed by atoms with Crippen molar-refractivity contribution in [3.05, 3.63) is 187 Å². The van der Waals surface area contributed by atoms with Crippen LogP contribution >= 0.6 is 0 Å². The lowest BCUT2D eigenvalue weighted by Gasteiger charge is -2.37. The molecule has 2 heterocycles. The highest BCUT2D eigenvalue weighted by Crippen LogP contribution is 2.33. The fourth-order valence-electron chi connectivity index (χ4n) is 7.04. The molecule has 0 unspecified atom stereocenters. The van der Waals surface area contributed by atoms with Gasteiger partial charge < -0.3 is 9.88 Å². The van der Waals surface area contributed by atoms with E-state index in [0.29, 0.717) is 0 Å². The Hall–Kier alpha value is -5.38. The Bertz CT molecular complexity index is 2110. The standard InChI is InChI=1S/C41H32N2Si/c1-5-15-31(16-6-1)39-30-36(27-28-42-39)44(33-19-9-3-10-20-33,34-21-11-4-12-22-34)35-25-26-41-38(29-35)37-23-13-14-24-40(37)43(41)32-17-7-2-8-18-32/h1-27,29-30,42H,28H2. The molecule has 0 atom stereocenters. The van der Waals surface area contributed by atoms with Crippen LogP contribution in [0, 0.1) is 0 Å². The van der Waals surface area contributed by atoms with Crippen LogP contribution in [-0.2, 0) is 0 Å². The van der Waals surface area contributed by atoms with E-state index in [1.54, 1.807) is 0 Å². The minimum absolute atomic E-state index is 0.792. The van der Waals surface area contributed by atoms with E-state index < -0.39 is 8.07 Å². The highest BCUT2D eigenvalue weighted by atomic mass is 28.3. The van der Waals surface area contributed by atoms with Crippen LogP contribution in [0.25, 0.3) is 33.2 Å². The third-order valence-electron chi connectivity index (χ3n) is 8.97. The molecule has 1 aliphatic heterocycles. The number of rotatable bonds is 6. The summed E-state index contributed by atoms with van der Waals surface area (Å²) in [7, 11) is -2.74. The normalized spacial score (nSPS) is 13.4. The lowest BCUT2D eigenvalue weighted by molar-refractivity contribution is 0.991. The molecule has 8 rings (SSSR count). The van der Waals surface area contributed by atoms with Gasteiger partial charge in [-0.15, -0.1) is 0 Å². The molecule has 210 valence electrons. The van der Waals surface area contributed by atoms with E-state index >= 15 is 0 Å². The Balaban J connectivity index is 1.45. The third kappa shape index (κ3) is 4.24. The van der Waals surface area contributed by atoms with Gasteiger partial charge in [0.05, 0.1) is 11.0 Å². The van der Waals surface area contributed by atoms with Crippen molar-refractivity contribution in [1.82, 2.24) is 9.88 Å². The molecule has 0 radical (unpaired) electrons. The third-order valence-corrected chi connectivity index (χ3v) is 13.8. The summed E-state index contributed by atoms with van der Waals surface area (Å²) in [6.07, 6.45) is 4.85. The molecule has 3 heteroatoms. The molecule has 0 saturated carbocycles. The van der Waals surface area contributed by atoms with Gasteiger partial charge in [0.1, 0.15) is 0 Å². The molecule has 0 saturated heterocycles. The monoisotopic (exact) mass is 580 g/mol. The highest BCUT2D eigenvalue weighted by Gasteiger charge is 2.43. The smallest absolute Gasteiger partial charge is 0.179 e. The van der Waals surface area contributed by atoms with Crippen LogP contribution < -0.4 is 20.9 Å². The Kier molecular flexibility index (Phi) is 6.58. The summed E-state index contributed by atoms with van der Waals surface area (Å²) in [4.78, 5) is 0. The van der Waals surface area contributed by atoms with Crippen molar-refractivity contribution in [2.24, 2.45) is 0 Å². The molecule has 6 aromatic carbocycles. The average Bonchev–Trinajstić information content (AvgIpc) is 3.44. The molecular weight excluding hydrogens is 549 g/mol. The van der Waals surface area contributed by atoms with Gasteiger partial charge in [-0.05, 0) is 56.7 Å². The first kappa shape index (κ1) is 26.3. The van der Waals surface area contributed by atoms with Crippen molar-refractivity contribution in [2.45, 2.75) is 0 Å². The van der Waals surface area contributed by atoms with Crippen LogP contribution in [-0.4, -0.2) is 19.2 Å². The topological polar surface area (TPSA) is 17.0 Å². The van der Waals surface area contributed by atoms with Gasteiger partial charge in [0.2, 0.25) is 0 Å². The number of benzene rings is 6. The van der Waals surface area contributed by atoms with Gasteiger partial charge in [-0.3, -0.25) is 0 Å². The van der Waals surface area contributed by atoms with E-state index in [1.807, 2.05) is 0 Å². The van der Waals surface area contributed by atoms with E-state index in [9.17, 15) is 0 Å². The van der Waals surface area contributed by atoms with Crippen molar-refractivity contribution >= 4 is 51.1 Å². The summed E-state index contributed by atoms with van der Waals surface area (Å²) in [5, 5.41) is 11.8. The van der Waals surface area contributed by atoms with Gasteiger partial charge >= 0.3 is 0 Å². The average molecular weight is 581 g/mol. The van der Waals surface area contributed by atoms with Crippen LogP contribution in [0.2, 0.25) is 0 Å². The first-order chi connectivity index (χ1) is 21.8. The lowest BCUT2D eigenvalue weighted by Crippen LogP contribution is -2.68. The van der Waals surface area contributed by atoms with Gasteiger partial charge in [-0.25, -0.2) is 0 Å². The van der Waals surface area contributed by atoms with E-state index in [2.05, 4.69) is 186 Å². The second-order valence-electron chi connectivity index (χ2n) is 11.4. The number of hydrogen-bond donors (Lipinski definition) is 1. The van der Waals surface area contributed by atoms with Gasteiger partial charge in [0, 0.05) is 28.7 Å². The minimum Gasteiger partial charge on any atom is -0.381 e. The zero-order valence-corrected chi connectivity index (χ0v) is 25.4. The summed E-state index contributed by atoms with van der Waals surface area (Å²) in [5.74, 6) is 0. The molecule has 0 spiro atoms. The predicted octanol–water partition coefficient (Wildman–Crippen LogP) is 7.36. The van der Waals surface area contributed by atoms with Crippen LogP contribution in [0.5, 0.6) is 0 Å². The molecule has 0 aliphatic carbocycles. The van der Waals surface area contributed by atoms with E-state index in [0.717, 1.165) is 6.54 Å². The van der Waals surface area contributed by atoms with Crippen molar-refractivity contribution in [3.8, 4) is 5.69 Å². The first-order valence-corrected chi connectivity index (χ1v) is 17.3. The molecular formula is C41H32N2Si. The first-order valence-electron chi connectivity index (χ1n) is 15.3. The molecule has 44 heavy (non-hydrogen) atoms. The largest absolute Gasteiger partial charge is 0.381 e. The minimum atomic E-state index is -2.74. The highest BCUT2D eigenvalue weighted by molar-refractivity contribution is 7.16. The van der Waals surface area contributed by atoms with E-state index in [-0.39, 0.29) is 0 Å². The van der Waals surface area contributed by atoms with Crippen LogP contribution in [0.15, 0.2) is 181 Å². The molecule has 0 fully saturated rings. The van der Waals surface area contributed by atoms with Crippen LogP contribution in [0.4, 0.5) is 0 Å². The van der Waals surface area contributed by atoms with Crippen molar-refractivity contribution in [1.29, 1.82) is 0 Å². The summed E-state index contributed by atoms with van der Waals surface area (Å²) >= 11 is 0. The van der Waals surface area contributed by atoms with Gasteiger partial charge in [0.15, 0.2) is 8.07 Å². The molecule has 0 bridgehead atoms. The quantitative estimate of drug-likeness (QED) is 0.161. The summed E-state index contributed by atoms with van der Waals surface area (Å²) in [6.45, 7) is 0.792. The molecule has 7 aromatic rings. The fourth-order valence-corrected chi connectivity index (χ4v) is 11.9. The number of aromatic nitrogens is 1. The van der Waals surface area contributed by atoms with Crippen molar-refractivity contribution in [2.75, 3.05) is 6.54 Å². The Morgan fingerprint density at radius 3 is 1.75 bits per heavy atom. The number of nitrogens with zero attached hydrogens (tertiary/aromatic N) is 1. The predicted molar refractivity (Wildman–Crippen MR) is 189 cm³/mol. The molecule has 2 nitrogen and oxygen atoms in total. The molecule has 1 aromatic heterocycles. The second-order valence-corrected chi connectivity index (χ2v) is 15.2. The summed E-state index contributed by atoms with van der Waals surface area (Å²) in [6, 6.07) is 59.9. The van der Waals surface area contributed by atoms with E-state index in [1.165, 1.54) is 59.5 Å². The summed E-state index contributed by atoms with van der Waals surface area (Å²) < 4.78 is 2.40. The van der Waals surface area contributed by atoms with Crippen molar-refractivity contribution in [3.63, 3.8) is 0 Å². The van der Waals surface area contributed by atoms with Gasteiger partial charge in [-0.2, -0.15) is 0 Å². The van der Waals surface area contributed by atoms with E-state index in [4.69, 9.17) is 0 Å². The zero-order valence-electron chi connectivity index (χ0n) is 24.4. The van der Waals surface area contributed by atoms with Crippen LogP contribution in [0.3, 0.4) is 0 Å². The lowest BCUT2D eigenvalue weighted by atomic mass is 10.1. The van der Waals surface area contributed by atoms with Crippen molar-refractivity contribution < 1.29 is 0 Å². The molecule has 0 amide bonds. The van der Waals surface area contributed by atoms with Gasteiger partial charge in [-0.1, -0.05) is 146 Å². The number of para-hydroxylation sites is 2. The maximum Gasteiger partial charge on any atom is 0.179 e. The maximum absolute atomic E-state index is 3.67. The molecule has 1 N–H and O–H groups in total. The SMILES string of the molecule is C1=C(c2ccccc2)NCC=C1[Si](c1ccccc1)(c1ccccc1)c1ccc2c(c1)c1ccccc1n2-c1ccccc1. The number of fused-ring (bicyclic) bond motifs is 3. The molecule has 1 aliphatic rings. The number of dihydropyridines is 1. The Morgan fingerprint density at radius 2 is 1.07 bits per heavy atom. The Labute approximate surface area is 259 Å². The number of hydrogen-bond acceptors (Lipinski definition) is 1. The Morgan fingerprint density at radius 1 is 0.500 bits per heavy atom. The summed E-state index contributed by atoms with van der Waals surface area (Å²) in [5.41, 5.74) is 6.02. The number of nitrogens with one attached hydrogen (secondary N) is 1.